The first-order valence-corrected chi connectivity index (χ1v) is 5.99. The molecule has 1 aliphatic carbocycles. The van der Waals surface area contributed by atoms with Crippen LogP contribution in [0.3, 0.4) is 0 Å². The number of H-pyrrole nitrogens is 1. The highest BCUT2D eigenvalue weighted by Crippen LogP contribution is 2.24. The summed E-state index contributed by atoms with van der Waals surface area (Å²) >= 11 is 0. The number of anilines is 1. The van der Waals surface area contributed by atoms with Gasteiger partial charge in [0.15, 0.2) is 11.5 Å². The van der Waals surface area contributed by atoms with Crippen LogP contribution in [-0.2, 0) is 0 Å². The monoisotopic (exact) mass is 233 g/mol. The van der Waals surface area contributed by atoms with Gasteiger partial charge in [-0.1, -0.05) is 19.3 Å². The number of aromatic nitrogens is 4. The molecule has 6 nitrogen and oxygen atoms in total. The second-order valence-electron chi connectivity index (χ2n) is 4.45. The van der Waals surface area contributed by atoms with Gasteiger partial charge in [-0.3, -0.25) is 0 Å². The normalized spacial score (nSPS) is 17.4. The molecule has 0 amide bonds. The highest BCUT2D eigenvalue weighted by Gasteiger charge is 2.16. The third-order valence-corrected chi connectivity index (χ3v) is 3.21. The van der Waals surface area contributed by atoms with Crippen molar-refractivity contribution in [2.24, 2.45) is 0 Å². The summed E-state index contributed by atoms with van der Waals surface area (Å²) in [7, 11) is 0. The summed E-state index contributed by atoms with van der Waals surface area (Å²) in [4.78, 5) is 14.9. The Kier molecular flexibility index (Phi) is 2.55. The molecule has 1 saturated carbocycles. The fraction of sp³-hybridized carbons (Fsp3) is 0.545. The van der Waals surface area contributed by atoms with Crippen molar-refractivity contribution in [2.45, 2.75) is 38.1 Å². The molecule has 3 rings (SSSR count). The third-order valence-electron chi connectivity index (χ3n) is 3.21. The lowest BCUT2D eigenvalue weighted by atomic mass is 9.95. The lowest BCUT2D eigenvalue weighted by molar-refractivity contribution is 0.431. The largest absolute Gasteiger partial charge is 0.479 e. The van der Waals surface area contributed by atoms with E-state index in [1.54, 1.807) is 6.33 Å². The van der Waals surface area contributed by atoms with E-state index >= 15 is 0 Å². The SMILES string of the molecule is Oc1nc(NC2CCCCC2)c2nc[nH]c2n1. The molecule has 0 spiro atoms. The molecular weight excluding hydrogens is 218 g/mol. The Morgan fingerprint density at radius 1 is 1.24 bits per heavy atom. The minimum absolute atomic E-state index is 0.222. The van der Waals surface area contributed by atoms with Crippen LogP contribution in [0.25, 0.3) is 11.2 Å². The van der Waals surface area contributed by atoms with E-state index in [1.807, 2.05) is 0 Å². The van der Waals surface area contributed by atoms with Crippen LogP contribution in [0.1, 0.15) is 32.1 Å². The van der Waals surface area contributed by atoms with Gasteiger partial charge in [-0.25, -0.2) is 4.98 Å². The standard InChI is InChI=1S/C11H15N5O/c17-11-15-9-8(12-6-13-9)10(16-11)14-7-4-2-1-3-5-7/h6-7H,1-5H2,(H3,12,13,14,15,16,17). The lowest BCUT2D eigenvalue weighted by Gasteiger charge is -2.23. The molecule has 0 bridgehead atoms. The Bertz CT molecular complexity index is 518. The molecule has 90 valence electrons. The van der Waals surface area contributed by atoms with Crippen molar-refractivity contribution in [3.05, 3.63) is 6.33 Å². The molecule has 6 heteroatoms. The van der Waals surface area contributed by atoms with Crippen molar-refractivity contribution in [3.8, 4) is 6.01 Å². The quantitative estimate of drug-likeness (QED) is 0.736. The van der Waals surface area contributed by atoms with Crippen LogP contribution < -0.4 is 5.32 Å². The number of nitrogens with zero attached hydrogens (tertiary/aromatic N) is 3. The maximum atomic E-state index is 9.45. The van der Waals surface area contributed by atoms with E-state index in [0.717, 1.165) is 12.8 Å². The average molecular weight is 233 g/mol. The predicted octanol–water partition coefficient (Wildman–Crippen LogP) is 1.80. The fourth-order valence-corrected chi connectivity index (χ4v) is 2.36. The first-order chi connectivity index (χ1) is 8.33. The highest BCUT2D eigenvalue weighted by molar-refractivity contribution is 5.82. The molecule has 1 fully saturated rings. The zero-order valence-electron chi connectivity index (χ0n) is 9.48. The number of aromatic amines is 1. The van der Waals surface area contributed by atoms with Gasteiger partial charge in [0, 0.05) is 6.04 Å². The van der Waals surface area contributed by atoms with Gasteiger partial charge >= 0.3 is 6.01 Å². The summed E-state index contributed by atoms with van der Waals surface area (Å²) in [6.45, 7) is 0. The van der Waals surface area contributed by atoms with Crippen LogP contribution in [0, 0.1) is 0 Å². The van der Waals surface area contributed by atoms with Crippen molar-refractivity contribution in [1.29, 1.82) is 0 Å². The first-order valence-electron chi connectivity index (χ1n) is 5.99. The maximum absolute atomic E-state index is 9.45. The van der Waals surface area contributed by atoms with E-state index in [0.29, 0.717) is 23.0 Å². The second-order valence-corrected chi connectivity index (χ2v) is 4.45. The molecular formula is C11H15N5O. The Balaban J connectivity index is 1.90. The fourth-order valence-electron chi connectivity index (χ4n) is 2.36. The molecule has 0 unspecified atom stereocenters. The number of hydrogen-bond donors (Lipinski definition) is 3. The number of nitrogens with one attached hydrogen (secondary N) is 2. The van der Waals surface area contributed by atoms with Gasteiger partial charge in [-0.15, -0.1) is 0 Å². The van der Waals surface area contributed by atoms with Gasteiger partial charge in [-0.05, 0) is 12.8 Å². The van der Waals surface area contributed by atoms with Crippen molar-refractivity contribution in [1.82, 2.24) is 19.9 Å². The number of fused-ring (bicyclic) bond motifs is 1. The Labute approximate surface area is 98.5 Å². The van der Waals surface area contributed by atoms with Gasteiger partial charge in [-0.2, -0.15) is 9.97 Å². The van der Waals surface area contributed by atoms with E-state index in [1.165, 1.54) is 19.3 Å². The summed E-state index contributed by atoms with van der Waals surface area (Å²) in [6, 6.07) is 0.206. The number of hydrogen-bond acceptors (Lipinski definition) is 5. The Morgan fingerprint density at radius 3 is 2.88 bits per heavy atom. The molecule has 0 aliphatic heterocycles. The van der Waals surface area contributed by atoms with Crippen LogP contribution in [0.2, 0.25) is 0 Å². The van der Waals surface area contributed by atoms with Crippen LogP contribution in [0.5, 0.6) is 6.01 Å². The topological polar surface area (TPSA) is 86.7 Å². The van der Waals surface area contributed by atoms with Crippen LogP contribution in [0.4, 0.5) is 5.82 Å². The van der Waals surface area contributed by atoms with Gasteiger partial charge in [0.1, 0.15) is 5.52 Å². The smallest absolute Gasteiger partial charge is 0.317 e. The minimum Gasteiger partial charge on any atom is -0.479 e. The predicted molar refractivity (Wildman–Crippen MR) is 63.8 cm³/mol. The molecule has 0 radical (unpaired) electrons. The second kappa shape index (κ2) is 4.20. The summed E-state index contributed by atoms with van der Waals surface area (Å²) in [5.41, 5.74) is 1.25. The lowest BCUT2D eigenvalue weighted by Crippen LogP contribution is -2.23. The molecule has 0 aromatic carbocycles. The number of aromatic hydroxyl groups is 1. The molecule has 2 heterocycles. The van der Waals surface area contributed by atoms with E-state index in [4.69, 9.17) is 0 Å². The van der Waals surface area contributed by atoms with Gasteiger partial charge in [0.2, 0.25) is 0 Å². The summed E-state index contributed by atoms with van der Waals surface area (Å²) in [5.74, 6) is 0.626. The Morgan fingerprint density at radius 2 is 2.06 bits per heavy atom. The molecule has 0 atom stereocenters. The van der Waals surface area contributed by atoms with Crippen molar-refractivity contribution in [3.63, 3.8) is 0 Å². The summed E-state index contributed by atoms with van der Waals surface area (Å²) in [5, 5.41) is 12.8. The molecule has 2 aromatic rings. The number of imidazole rings is 1. The van der Waals surface area contributed by atoms with Crippen LogP contribution >= 0.6 is 0 Å². The van der Waals surface area contributed by atoms with Crippen LogP contribution in [-0.4, -0.2) is 31.1 Å². The Hall–Kier alpha value is -1.85. The molecule has 1 aliphatic rings. The number of rotatable bonds is 2. The van der Waals surface area contributed by atoms with E-state index in [2.05, 4.69) is 25.3 Å². The highest BCUT2D eigenvalue weighted by atomic mass is 16.3. The van der Waals surface area contributed by atoms with Crippen molar-refractivity contribution < 1.29 is 5.11 Å². The first kappa shape index (κ1) is 10.3. The van der Waals surface area contributed by atoms with Crippen molar-refractivity contribution in [2.75, 3.05) is 5.32 Å². The van der Waals surface area contributed by atoms with E-state index in [-0.39, 0.29) is 6.01 Å². The zero-order valence-corrected chi connectivity index (χ0v) is 9.48. The van der Waals surface area contributed by atoms with Crippen LogP contribution in [0.15, 0.2) is 6.33 Å². The third kappa shape index (κ3) is 2.02. The summed E-state index contributed by atoms with van der Waals surface area (Å²) in [6.07, 6.45) is 7.67. The molecule has 0 saturated heterocycles. The molecule has 2 aromatic heterocycles. The average Bonchev–Trinajstić information content (AvgIpc) is 2.78. The van der Waals surface area contributed by atoms with E-state index in [9.17, 15) is 5.11 Å². The van der Waals surface area contributed by atoms with Gasteiger partial charge in [0.05, 0.1) is 6.33 Å². The minimum atomic E-state index is -0.222. The van der Waals surface area contributed by atoms with Gasteiger partial charge in [0.25, 0.3) is 0 Å². The van der Waals surface area contributed by atoms with Crippen molar-refractivity contribution >= 4 is 17.0 Å². The maximum Gasteiger partial charge on any atom is 0.317 e. The van der Waals surface area contributed by atoms with Gasteiger partial charge < -0.3 is 15.4 Å². The molecule has 17 heavy (non-hydrogen) atoms. The summed E-state index contributed by atoms with van der Waals surface area (Å²) < 4.78 is 0. The zero-order chi connectivity index (χ0) is 11.7. The van der Waals surface area contributed by atoms with E-state index < -0.39 is 0 Å². The molecule has 3 N–H and O–H groups in total.